The lowest BCUT2D eigenvalue weighted by molar-refractivity contribution is 0.0675. The number of rotatable bonds is 1. The zero-order valence-electron chi connectivity index (χ0n) is 8.90. The predicted molar refractivity (Wildman–Crippen MR) is 65.1 cm³/mol. The van der Waals surface area contributed by atoms with E-state index in [4.69, 9.17) is 22.1 Å². The van der Waals surface area contributed by atoms with Gasteiger partial charge in [0.2, 0.25) is 0 Å². The van der Waals surface area contributed by atoms with Crippen molar-refractivity contribution < 1.29 is 4.74 Å². The molecule has 1 aromatic rings. The van der Waals surface area contributed by atoms with E-state index in [0.717, 1.165) is 18.8 Å². The molecule has 16 heavy (non-hydrogen) atoms. The summed E-state index contributed by atoms with van der Waals surface area (Å²) >= 11 is 5.87. The largest absolute Gasteiger partial charge is 0.378 e. The fourth-order valence-corrected chi connectivity index (χ4v) is 1.73. The predicted octanol–water partition coefficient (Wildman–Crippen LogP) is 1.62. The average Bonchev–Trinajstić information content (AvgIpc) is 2.30. The van der Waals surface area contributed by atoms with Gasteiger partial charge < -0.3 is 15.4 Å². The molecule has 1 aromatic carbocycles. The fourth-order valence-electron chi connectivity index (χ4n) is 1.54. The Hall–Kier alpha value is -1.26. The number of guanidine groups is 1. The first kappa shape index (κ1) is 11.2. The smallest absolute Gasteiger partial charge is 0.196 e. The van der Waals surface area contributed by atoms with Gasteiger partial charge in [0, 0.05) is 18.1 Å². The molecule has 1 heterocycles. The molecule has 2 N–H and O–H groups in total. The quantitative estimate of drug-likeness (QED) is 0.599. The summed E-state index contributed by atoms with van der Waals surface area (Å²) in [4.78, 5) is 6.33. The van der Waals surface area contributed by atoms with Crippen molar-refractivity contribution in [2.24, 2.45) is 10.7 Å². The van der Waals surface area contributed by atoms with Crippen LogP contribution in [0.5, 0.6) is 0 Å². The van der Waals surface area contributed by atoms with Crippen LogP contribution in [0.15, 0.2) is 29.3 Å². The Balaban J connectivity index is 2.10. The van der Waals surface area contributed by atoms with Crippen LogP contribution in [0.2, 0.25) is 5.02 Å². The molecule has 0 spiro atoms. The van der Waals surface area contributed by atoms with E-state index in [9.17, 15) is 0 Å². The molecule has 1 aliphatic rings. The highest BCUT2D eigenvalue weighted by molar-refractivity contribution is 6.30. The van der Waals surface area contributed by atoms with Gasteiger partial charge in [0.15, 0.2) is 5.96 Å². The fraction of sp³-hybridized carbons (Fsp3) is 0.364. The van der Waals surface area contributed by atoms with E-state index in [2.05, 4.69) is 4.99 Å². The van der Waals surface area contributed by atoms with Gasteiger partial charge in [0.05, 0.1) is 18.9 Å². The van der Waals surface area contributed by atoms with Crippen LogP contribution in [0, 0.1) is 0 Å². The van der Waals surface area contributed by atoms with Crippen LogP contribution in [-0.4, -0.2) is 37.2 Å². The highest BCUT2D eigenvalue weighted by atomic mass is 35.5. The van der Waals surface area contributed by atoms with Crippen LogP contribution in [0.4, 0.5) is 5.69 Å². The van der Waals surface area contributed by atoms with Crippen molar-refractivity contribution >= 4 is 23.2 Å². The van der Waals surface area contributed by atoms with Gasteiger partial charge >= 0.3 is 0 Å². The minimum absolute atomic E-state index is 0.519. The molecule has 0 saturated carbocycles. The number of hydrogen-bond acceptors (Lipinski definition) is 2. The van der Waals surface area contributed by atoms with Crippen molar-refractivity contribution in [2.45, 2.75) is 0 Å². The molecule has 0 radical (unpaired) electrons. The summed E-state index contributed by atoms with van der Waals surface area (Å²) in [6.45, 7) is 2.98. The summed E-state index contributed by atoms with van der Waals surface area (Å²) in [6.07, 6.45) is 0. The summed E-state index contributed by atoms with van der Waals surface area (Å²) in [7, 11) is 0. The number of benzene rings is 1. The summed E-state index contributed by atoms with van der Waals surface area (Å²) < 4.78 is 5.25. The molecular weight excluding hydrogens is 226 g/mol. The highest BCUT2D eigenvalue weighted by Crippen LogP contribution is 2.18. The van der Waals surface area contributed by atoms with E-state index < -0.39 is 0 Å². The van der Waals surface area contributed by atoms with Gasteiger partial charge in [-0.1, -0.05) is 17.7 Å². The molecule has 1 saturated heterocycles. The first-order valence-corrected chi connectivity index (χ1v) is 5.56. The minimum atomic E-state index is 0.519. The van der Waals surface area contributed by atoms with Crippen molar-refractivity contribution in [1.82, 2.24) is 4.90 Å². The summed E-state index contributed by atoms with van der Waals surface area (Å²) in [6, 6.07) is 7.33. The molecule has 0 aromatic heterocycles. The molecular formula is C11H14ClN3O. The molecule has 1 fully saturated rings. The van der Waals surface area contributed by atoms with Gasteiger partial charge in [-0.2, -0.15) is 0 Å². The van der Waals surface area contributed by atoms with Crippen molar-refractivity contribution in [1.29, 1.82) is 0 Å². The number of ether oxygens (including phenoxy) is 1. The standard InChI is InChI=1S/C11H14ClN3O/c12-9-2-1-3-10(8-9)14-11(13)15-4-6-16-7-5-15/h1-3,8H,4-7H2,(H2,13,14). The summed E-state index contributed by atoms with van der Waals surface area (Å²) in [5.74, 6) is 0.519. The summed E-state index contributed by atoms with van der Waals surface area (Å²) in [5.41, 5.74) is 6.68. The third kappa shape index (κ3) is 2.87. The first-order chi connectivity index (χ1) is 7.75. The number of hydrogen-bond donors (Lipinski definition) is 1. The second kappa shape index (κ2) is 5.18. The van der Waals surface area contributed by atoms with Gasteiger partial charge in [0.25, 0.3) is 0 Å². The van der Waals surface area contributed by atoms with E-state index in [1.807, 2.05) is 23.1 Å². The second-order valence-electron chi connectivity index (χ2n) is 3.55. The minimum Gasteiger partial charge on any atom is -0.378 e. The first-order valence-electron chi connectivity index (χ1n) is 5.18. The van der Waals surface area contributed by atoms with Crippen molar-refractivity contribution in [2.75, 3.05) is 26.3 Å². The van der Waals surface area contributed by atoms with Crippen molar-refractivity contribution in [3.8, 4) is 0 Å². The van der Waals surface area contributed by atoms with E-state index in [-0.39, 0.29) is 0 Å². The van der Waals surface area contributed by atoms with Gasteiger partial charge in [0.1, 0.15) is 0 Å². The normalized spacial score (nSPS) is 17.6. The molecule has 2 rings (SSSR count). The lowest BCUT2D eigenvalue weighted by Crippen LogP contribution is -2.44. The highest BCUT2D eigenvalue weighted by Gasteiger charge is 2.12. The maximum absolute atomic E-state index is 5.91. The van der Waals surface area contributed by atoms with Gasteiger partial charge in [-0.3, -0.25) is 0 Å². The molecule has 0 aliphatic carbocycles. The topological polar surface area (TPSA) is 50.8 Å². The van der Waals surface area contributed by atoms with E-state index in [1.54, 1.807) is 6.07 Å². The number of nitrogens with two attached hydrogens (primary N) is 1. The van der Waals surface area contributed by atoms with Crippen LogP contribution < -0.4 is 5.73 Å². The lowest BCUT2D eigenvalue weighted by Gasteiger charge is -2.27. The average molecular weight is 240 g/mol. The van der Waals surface area contributed by atoms with Crippen LogP contribution >= 0.6 is 11.6 Å². The third-order valence-corrected chi connectivity index (χ3v) is 2.62. The van der Waals surface area contributed by atoms with Crippen LogP contribution in [0.1, 0.15) is 0 Å². The molecule has 86 valence electrons. The monoisotopic (exact) mass is 239 g/mol. The molecule has 0 unspecified atom stereocenters. The Morgan fingerprint density at radius 1 is 1.38 bits per heavy atom. The molecule has 0 bridgehead atoms. The molecule has 1 aliphatic heterocycles. The van der Waals surface area contributed by atoms with Crippen LogP contribution in [0.25, 0.3) is 0 Å². The Morgan fingerprint density at radius 2 is 2.12 bits per heavy atom. The zero-order chi connectivity index (χ0) is 11.4. The van der Waals surface area contributed by atoms with Crippen molar-refractivity contribution in [3.05, 3.63) is 29.3 Å². The molecule has 4 nitrogen and oxygen atoms in total. The van der Waals surface area contributed by atoms with Gasteiger partial charge in [-0.05, 0) is 18.2 Å². The van der Waals surface area contributed by atoms with E-state index >= 15 is 0 Å². The number of halogens is 1. The number of aliphatic imine (C=N–C) groups is 1. The van der Waals surface area contributed by atoms with Crippen LogP contribution in [-0.2, 0) is 4.74 Å². The molecule has 0 amide bonds. The molecule has 0 atom stereocenters. The maximum Gasteiger partial charge on any atom is 0.196 e. The summed E-state index contributed by atoms with van der Waals surface area (Å²) in [5, 5.41) is 0.663. The van der Waals surface area contributed by atoms with Gasteiger partial charge in [-0.15, -0.1) is 0 Å². The Bertz CT molecular complexity index is 389. The van der Waals surface area contributed by atoms with Crippen LogP contribution in [0.3, 0.4) is 0 Å². The SMILES string of the molecule is NC(=Nc1cccc(Cl)c1)N1CCOCC1. The Morgan fingerprint density at radius 3 is 2.81 bits per heavy atom. The third-order valence-electron chi connectivity index (χ3n) is 2.39. The Kier molecular flexibility index (Phi) is 3.64. The number of nitrogens with zero attached hydrogens (tertiary/aromatic N) is 2. The van der Waals surface area contributed by atoms with Crippen molar-refractivity contribution in [3.63, 3.8) is 0 Å². The maximum atomic E-state index is 5.91. The van der Waals surface area contributed by atoms with E-state index in [0.29, 0.717) is 24.2 Å². The van der Waals surface area contributed by atoms with E-state index in [1.165, 1.54) is 0 Å². The second-order valence-corrected chi connectivity index (χ2v) is 3.99. The lowest BCUT2D eigenvalue weighted by atomic mass is 10.3. The number of morpholine rings is 1. The zero-order valence-corrected chi connectivity index (χ0v) is 9.65. The Labute approximate surface area is 99.7 Å². The molecule has 5 heteroatoms. The van der Waals surface area contributed by atoms with Gasteiger partial charge in [-0.25, -0.2) is 4.99 Å².